The number of rotatable bonds is 10. The first-order chi connectivity index (χ1) is 18.0. The van der Waals surface area contributed by atoms with Crippen LogP contribution in [0.5, 0.6) is 0 Å². The molecule has 2 aromatic carbocycles. The molecule has 2 N–H and O–H groups in total. The second-order valence-electron chi connectivity index (χ2n) is 9.77. The van der Waals surface area contributed by atoms with Crippen LogP contribution >= 0.6 is 0 Å². The van der Waals surface area contributed by atoms with Crippen LogP contribution in [0.1, 0.15) is 35.1 Å². The maximum Gasteiger partial charge on any atom is 0.173 e. The Kier molecular flexibility index (Phi) is 9.07. The molecule has 0 amide bonds. The van der Waals surface area contributed by atoms with Gasteiger partial charge in [-0.05, 0) is 42.4 Å². The van der Waals surface area contributed by atoms with Gasteiger partial charge in [0, 0.05) is 37.5 Å². The number of pyridine rings is 1. The van der Waals surface area contributed by atoms with Gasteiger partial charge in [0.2, 0.25) is 0 Å². The van der Waals surface area contributed by atoms with E-state index in [2.05, 4.69) is 112 Å². The number of unbranched alkanes of at least 4 members (excludes halogenated alkanes) is 1. The minimum atomic E-state index is 0. The molecular weight excluding hydrogens is 538 g/mol. The Balaban J connectivity index is 0.00000336. The second-order valence-corrected chi connectivity index (χ2v) is 9.77. The van der Waals surface area contributed by atoms with E-state index in [0.29, 0.717) is 17.9 Å². The van der Waals surface area contributed by atoms with Crippen LogP contribution < -0.4 is 32.2 Å². The largest absolute Gasteiger partial charge is 1.00 e. The lowest BCUT2D eigenvalue weighted by atomic mass is 10.0. The summed E-state index contributed by atoms with van der Waals surface area (Å²) in [6.45, 7) is 1.60. The molecule has 38 heavy (non-hydrogen) atoms. The van der Waals surface area contributed by atoms with Gasteiger partial charge in [-0.25, -0.2) is 19.5 Å². The van der Waals surface area contributed by atoms with E-state index in [0.717, 1.165) is 25.0 Å². The van der Waals surface area contributed by atoms with Gasteiger partial charge < -0.3 is 32.2 Å². The van der Waals surface area contributed by atoms with Gasteiger partial charge in [0.05, 0.1) is 12.9 Å². The Morgan fingerprint density at radius 1 is 0.763 bits per heavy atom. The molecule has 0 aliphatic rings. The Bertz CT molecular complexity index is 1440. The van der Waals surface area contributed by atoms with E-state index in [4.69, 9.17) is 5.73 Å². The van der Waals surface area contributed by atoms with Gasteiger partial charge >= 0.3 is 0 Å². The highest BCUT2D eigenvalue weighted by atomic mass is 79.9. The van der Waals surface area contributed by atoms with Crippen molar-refractivity contribution >= 4 is 22.7 Å². The average molecular weight is 573 g/mol. The van der Waals surface area contributed by atoms with Crippen molar-refractivity contribution in [1.82, 2.24) is 19.5 Å². The third kappa shape index (κ3) is 6.75. The topological polar surface area (TPSA) is 76.7 Å². The summed E-state index contributed by atoms with van der Waals surface area (Å²) >= 11 is 0. The predicted molar refractivity (Wildman–Crippen MR) is 148 cm³/mol. The highest BCUT2D eigenvalue weighted by Crippen LogP contribution is 2.17. The molecule has 5 aromatic rings. The molecule has 7 nitrogen and oxygen atoms in total. The Morgan fingerprint density at radius 3 is 1.95 bits per heavy atom. The lowest BCUT2D eigenvalue weighted by Gasteiger charge is -2.10. The van der Waals surface area contributed by atoms with Crippen molar-refractivity contribution in [3.8, 4) is 0 Å². The highest BCUT2D eigenvalue weighted by molar-refractivity contribution is 5.81. The average Bonchev–Trinajstić information content (AvgIpc) is 3.33. The minimum absolute atomic E-state index is 0. The molecule has 0 fully saturated rings. The SMILES string of the molecule is CN(C)c1cc[n+](Cc2ccc(CCCCc3ccc(Cn4cnc5c(N)ncnc54)cc3)cc2)cc1.[Br-]. The molecule has 5 rings (SSSR count). The number of anilines is 2. The van der Waals surface area contributed by atoms with Crippen LogP contribution in [0.4, 0.5) is 11.5 Å². The Morgan fingerprint density at radius 2 is 1.34 bits per heavy atom. The molecule has 8 heteroatoms. The van der Waals surface area contributed by atoms with E-state index < -0.39 is 0 Å². The van der Waals surface area contributed by atoms with E-state index in [9.17, 15) is 0 Å². The van der Waals surface area contributed by atoms with Crippen molar-refractivity contribution in [2.24, 2.45) is 0 Å². The zero-order valence-corrected chi connectivity index (χ0v) is 23.6. The molecule has 0 bridgehead atoms. The van der Waals surface area contributed by atoms with Crippen molar-refractivity contribution in [3.63, 3.8) is 0 Å². The summed E-state index contributed by atoms with van der Waals surface area (Å²) in [5, 5.41) is 0. The number of aromatic nitrogens is 5. The molecule has 3 heterocycles. The molecule has 0 saturated carbocycles. The molecule has 0 radical (unpaired) electrons. The number of hydrogen-bond acceptors (Lipinski definition) is 5. The summed E-state index contributed by atoms with van der Waals surface area (Å²) in [7, 11) is 4.13. The summed E-state index contributed by atoms with van der Waals surface area (Å²) in [4.78, 5) is 14.8. The molecule has 0 atom stereocenters. The molecule has 0 spiro atoms. The smallest absolute Gasteiger partial charge is 0.173 e. The van der Waals surface area contributed by atoms with Gasteiger partial charge in [-0.15, -0.1) is 0 Å². The van der Waals surface area contributed by atoms with Crippen LogP contribution in [-0.4, -0.2) is 33.6 Å². The monoisotopic (exact) mass is 571 g/mol. The van der Waals surface area contributed by atoms with E-state index in [-0.39, 0.29) is 17.0 Å². The van der Waals surface area contributed by atoms with E-state index in [1.54, 1.807) is 6.33 Å². The molecule has 0 unspecified atom stereocenters. The highest BCUT2D eigenvalue weighted by Gasteiger charge is 2.08. The van der Waals surface area contributed by atoms with Crippen LogP contribution in [0, 0.1) is 0 Å². The number of aryl methyl sites for hydroxylation is 2. The standard InChI is InChI=1S/C30H34N7.BrH/c1-35(2)27-15-17-36(18-16-27)19-25-11-7-23(8-12-25)5-3-4-6-24-9-13-26(14-10-24)20-37-22-34-28-29(31)32-21-33-30(28)37;/h7-18,21-22H,3-6,19-20H2,1-2H3,(H2,31,32,33);1H/q+1;/p-1. The minimum Gasteiger partial charge on any atom is -1.00 e. The molecule has 0 aliphatic heterocycles. The van der Waals surface area contributed by atoms with Gasteiger partial charge in [-0.3, -0.25) is 0 Å². The predicted octanol–water partition coefficient (Wildman–Crippen LogP) is 1.43. The quantitative estimate of drug-likeness (QED) is 0.203. The third-order valence-electron chi connectivity index (χ3n) is 6.76. The zero-order valence-electron chi connectivity index (χ0n) is 22.0. The fourth-order valence-corrected chi connectivity index (χ4v) is 4.56. The third-order valence-corrected chi connectivity index (χ3v) is 6.76. The molecule has 3 aromatic heterocycles. The summed E-state index contributed by atoms with van der Waals surface area (Å²) in [6, 6.07) is 22.2. The van der Waals surface area contributed by atoms with Crippen molar-refractivity contribution in [3.05, 3.63) is 108 Å². The van der Waals surface area contributed by atoms with Gasteiger partial charge in [0.25, 0.3) is 0 Å². The maximum atomic E-state index is 5.90. The van der Waals surface area contributed by atoms with Crippen LogP contribution in [0.2, 0.25) is 0 Å². The lowest BCUT2D eigenvalue weighted by molar-refractivity contribution is -0.688. The number of nitrogens with two attached hydrogens (primary N) is 1. The number of nitrogen functional groups attached to an aromatic ring is 1. The number of hydrogen-bond donors (Lipinski definition) is 1. The number of nitrogens with zero attached hydrogens (tertiary/aromatic N) is 6. The fraction of sp³-hybridized carbons (Fsp3) is 0.267. The second kappa shape index (κ2) is 12.6. The normalized spacial score (nSPS) is 10.9. The maximum absolute atomic E-state index is 5.90. The van der Waals surface area contributed by atoms with Crippen LogP contribution in [-0.2, 0) is 25.9 Å². The summed E-state index contributed by atoms with van der Waals surface area (Å²) in [6.07, 6.45) is 12.1. The first-order valence-corrected chi connectivity index (χ1v) is 12.8. The Hall–Kier alpha value is -3.78. The van der Waals surface area contributed by atoms with Crippen LogP contribution in [0.15, 0.2) is 85.7 Å². The van der Waals surface area contributed by atoms with Crippen molar-refractivity contribution in [2.45, 2.75) is 38.8 Å². The van der Waals surface area contributed by atoms with E-state index in [1.807, 2.05) is 4.57 Å². The molecule has 0 aliphatic carbocycles. The molecule has 0 saturated heterocycles. The zero-order chi connectivity index (χ0) is 25.6. The van der Waals surface area contributed by atoms with Crippen LogP contribution in [0.3, 0.4) is 0 Å². The van der Waals surface area contributed by atoms with Gasteiger partial charge in [0.1, 0.15) is 11.8 Å². The van der Waals surface area contributed by atoms with Crippen LogP contribution in [0.25, 0.3) is 11.2 Å². The number of imidazole rings is 1. The number of fused-ring (bicyclic) bond motifs is 1. The molecular formula is C30H34BrN7. The summed E-state index contributed by atoms with van der Waals surface area (Å²) in [5.74, 6) is 0.417. The first-order valence-electron chi connectivity index (χ1n) is 12.8. The van der Waals surface area contributed by atoms with E-state index in [1.165, 1.54) is 47.1 Å². The summed E-state index contributed by atoms with van der Waals surface area (Å²) in [5.41, 5.74) is 13.9. The number of halogens is 1. The van der Waals surface area contributed by atoms with Crippen molar-refractivity contribution in [2.75, 3.05) is 24.7 Å². The summed E-state index contributed by atoms with van der Waals surface area (Å²) < 4.78 is 4.22. The van der Waals surface area contributed by atoms with Gasteiger partial charge in [-0.2, -0.15) is 0 Å². The lowest BCUT2D eigenvalue weighted by Crippen LogP contribution is -3.00. The fourth-order valence-electron chi connectivity index (χ4n) is 4.56. The van der Waals surface area contributed by atoms with Crippen molar-refractivity contribution in [1.29, 1.82) is 0 Å². The van der Waals surface area contributed by atoms with Gasteiger partial charge in [0.15, 0.2) is 30.4 Å². The van der Waals surface area contributed by atoms with Crippen molar-refractivity contribution < 1.29 is 21.5 Å². The van der Waals surface area contributed by atoms with Gasteiger partial charge in [-0.1, -0.05) is 48.5 Å². The molecule has 196 valence electrons. The first kappa shape index (κ1) is 27.3. The Labute approximate surface area is 234 Å². The van der Waals surface area contributed by atoms with E-state index >= 15 is 0 Å². The number of benzene rings is 2.